The molecule has 0 amide bonds. The zero-order valence-electron chi connectivity index (χ0n) is 27.1. The molecule has 2 unspecified atom stereocenters. The Hall–Kier alpha value is -1.57. The minimum absolute atomic E-state index is 0.107. The van der Waals surface area contributed by atoms with Crippen LogP contribution in [0.4, 0.5) is 0 Å². The van der Waals surface area contributed by atoms with Crippen LogP contribution in [0.25, 0.3) is 5.57 Å². The van der Waals surface area contributed by atoms with Gasteiger partial charge in [-0.1, -0.05) is 66.2 Å². The van der Waals surface area contributed by atoms with Gasteiger partial charge < -0.3 is 4.74 Å². The maximum absolute atomic E-state index is 12.6. The summed E-state index contributed by atoms with van der Waals surface area (Å²) in [7, 11) is 0. The zero-order chi connectivity index (χ0) is 28.9. The molecule has 0 N–H and O–H groups in total. The van der Waals surface area contributed by atoms with Crippen LogP contribution in [0.1, 0.15) is 142 Å². The number of ether oxygens (including phenoxy) is 1. The summed E-state index contributed by atoms with van der Waals surface area (Å²) in [6.45, 7) is 21.7. The molecule has 1 aromatic rings. The number of hydrogen-bond acceptors (Lipinski definition) is 2. The van der Waals surface area contributed by atoms with Crippen molar-refractivity contribution in [1.82, 2.24) is 0 Å². The first-order chi connectivity index (χ1) is 18.6. The molecule has 5 aliphatic carbocycles. The number of allylic oxidation sites excluding steroid dienone is 2. The van der Waals surface area contributed by atoms with Crippen molar-refractivity contribution in [2.24, 2.45) is 50.7 Å². The Morgan fingerprint density at radius 2 is 1.48 bits per heavy atom. The summed E-state index contributed by atoms with van der Waals surface area (Å²) in [5.41, 5.74) is 4.93. The normalized spacial score (nSPS) is 44.0. The van der Waals surface area contributed by atoms with Crippen LogP contribution in [-0.2, 0) is 4.74 Å². The van der Waals surface area contributed by atoms with Crippen molar-refractivity contribution in [2.75, 3.05) is 0 Å². The molecule has 220 valence electrons. The van der Waals surface area contributed by atoms with Crippen molar-refractivity contribution in [3.8, 4) is 0 Å². The zero-order valence-corrected chi connectivity index (χ0v) is 27.1. The molecule has 0 aromatic heterocycles. The lowest BCUT2D eigenvalue weighted by Crippen LogP contribution is -2.64. The lowest BCUT2D eigenvalue weighted by atomic mass is 9.33. The van der Waals surface area contributed by atoms with Crippen LogP contribution in [0, 0.1) is 50.7 Å². The molecule has 2 heteroatoms. The fourth-order valence-corrected chi connectivity index (χ4v) is 12.1. The lowest BCUT2D eigenvalue weighted by molar-refractivity contribution is -0.221. The first-order valence-corrected chi connectivity index (χ1v) is 16.6. The van der Waals surface area contributed by atoms with Crippen molar-refractivity contribution >= 4 is 11.5 Å². The number of esters is 1. The first-order valence-electron chi connectivity index (χ1n) is 16.6. The van der Waals surface area contributed by atoms with Crippen molar-refractivity contribution in [1.29, 1.82) is 0 Å². The number of fused-ring (bicyclic) bond motifs is 7. The van der Waals surface area contributed by atoms with Gasteiger partial charge in [0.05, 0.1) is 5.56 Å². The molecule has 0 radical (unpaired) electrons. The monoisotopic (exact) mass is 544 g/mol. The molecule has 4 fully saturated rings. The third kappa shape index (κ3) is 3.96. The molecule has 5 aliphatic rings. The predicted octanol–water partition coefficient (Wildman–Crippen LogP) is 10.5. The molecule has 0 spiro atoms. The van der Waals surface area contributed by atoms with E-state index in [2.05, 4.69) is 59.8 Å². The smallest absolute Gasteiger partial charge is 0.338 e. The van der Waals surface area contributed by atoms with Gasteiger partial charge in [-0.05, 0) is 153 Å². The molecule has 4 saturated carbocycles. The second kappa shape index (κ2) is 8.97. The predicted molar refractivity (Wildman–Crippen MR) is 166 cm³/mol. The Morgan fingerprint density at radius 1 is 0.775 bits per heavy atom. The van der Waals surface area contributed by atoms with Gasteiger partial charge in [0.1, 0.15) is 5.60 Å². The Labute approximate surface area is 245 Å². The highest BCUT2D eigenvalue weighted by molar-refractivity contribution is 5.90. The van der Waals surface area contributed by atoms with E-state index >= 15 is 0 Å². The molecule has 0 saturated heterocycles. The topological polar surface area (TPSA) is 26.3 Å². The summed E-state index contributed by atoms with van der Waals surface area (Å²) in [5, 5.41) is 0. The highest BCUT2D eigenvalue weighted by atomic mass is 16.6. The van der Waals surface area contributed by atoms with Crippen LogP contribution in [0.3, 0.4) is 0 Å². The van der Waals surface area contributed by atoms with Crippen LogP contribution in [0.15, 0.2) is 30.3 Å². The number of hydrogen-bond donors (Lipinski definition) is 0. The van der Waals surface area contributed by atoms with E-state index in [0.29, 0.717) is 33.1 Å². The van der Waals surface area contributed by atoms with Gasteiger partial charge in [0.25, 0.3) is 0 Å². The summed E-state index contributed by atoms with van der Waals surface area (Å²) in [6.07, 6.45) is 16.8. The van der Waals surface area contributed by atoms with Gasteiger partial charge in [-0.3, -0.25) is 0 Å². The molecule has 0 aliphatic heterocycles. The molecular formula is C38H56O2. The van der Waals surface area contributed by atoms with Crippen molar-refractivity contribution in [3.63, 3.8) is 0 Å². The van der Waals surface area contributed by atoms with E-state index < -0.39 is 5.60 Å². The van der Waals surface area contributed by atoms with E-state index in [1.54, 1.807) is 0 Å². The van der Waals surface area contributed by atoms with Crippen molar-refractivity contribution in [2.45, 2.75) is 132 Å². The average Bonchev–Trinajstić information content (AvgIpc) is 3.25. The SMILES string of the molecule is CC(C)(C)OC(=O)c1ccc(C2=CC[C@@]3(C)C(CC[C@]4(C)C3CC[C@@H]3[C@H]5CCC[C@]5(C)CC[C@]34C)C2(C)C)cc1. The maximum Gasteiger partial charge on any atom is 0.338 e. The average molecular weight is 545 g/mol. The summed E-state index contributed by atoms with van der Waals surface area (Å²) >= 11 is 0. The molecule has 0 bridgehead atoms. The van der Waals surface area contributed by atoms with Gasteiger partial charge >= 0.3 is 5.97 Å². The van der Waals surface area contributed by atoms with Gasteiger partial charge in [0.15, 0.2) is 0 Å². The van der Waals surface area contributed by atoms with E-state index in [4.69, 9.17) is 4.74 Å². The molecule has 1 aromatic carbocycles. The second-order valence-electron chi connectivity index (χ2n) is 17.4. The van der Waals surface area contributed by atoms with Gasteiger partial charge in [0, 0.05) is 0 Å². The second-order valence-corrected chi connectivity index (χ2v) is 17.4. The summed E-state index contributed by atoms with van der Waals surface area (Å²) < 4.78 is 5.61. The molecule has 6 rings (SSSR count). The number of carbonyl (C=O) groups is 1. The molecule has 40 heavy (non-hydrogen) atoms. The Kier molecular flexibility index (Phi) is 6.40. The minimum atomic E-state index is -0.478. The van der Waals surface area contributed by atoms with Crippen molar-refractivity contribution in [3.05, 3.63) is 41.5 Å². The highest BCUT2D eigenvalue weighted by Crippen LogP contribution is 2.77. The van der Waals surface area contributed by atoms with Gasteiger partial charge in [-0.15, -0.1) is 0 Å². The number of rotatable bonds is 2. The lowest BCUT2D eigenvalue weighted by Gasteiger charge is -2.72. The standard InChI is InChI=1S/C38H56O2/c1-33(2,3)40-32(39)26-14-12-25(13-15-26)27-18-21-36(7)30(34(27,4)5)19-22-38(9)31(36)17-16-29-28-11-10-20-35(28,6)23-24-37(29,38)8/h12-15,18,28-31H,10-11,16-17,19-24H2,1-9H3/t28-,29-,30?,31?,35-,36+,37-,38-/m1/s1. The maximum atomic E-state index is 12.6. The highest BCUT2D eigenvalue weighted by Gasteiger charge is 2.68. The van der Waals surface area contributed by atoms with Gasteiger partial charge in [-0.2, -0.15) is 0 Å². The van der Waals surface area contributed by atoms with E-state index in [1.807, 2.05) is 32.9 Å². The van der Waals surface area contributed by atoms with Crippen molar-refractivity contribution < 1.29 is 9.53 Å². The largest absolute Gasteiger partial charge is 0.456 e. The van der Waals surface area contributed by atoms with Crippen LogP contribution < -0.4 is 0 Å². The first kappa shape index (κ1) is 28.5. The van der Waals surface area contributed by atoms with Crippen LogP contribution >= 0.6 is 0 Å². The number of carbonyl (C=O) groups excluding carboxylic acids is 1. The minimum Gasteiger partial charge on any atom is -0.456 e. The Morgan fingerprint density at radius 3 is 2.15 bits per heavy atom. The fraction of sp³-hybridized carbons (Fsp3) is 0.763. The molecule has 8 atom stereocenters. The fourth-order valence-electron chi connectivity index (χ4n) is 12.1. The van der Waals surface area contributed by atoms with Gasteiger partial charge in [0.2, 0.25) is 0 Å². The quantitative estimate of drug-likeness (QED) is 0.346. The summed E-state index contributed by atoms with van der Waals surface area (Å²) in [4.78, 5) is 12.6. The Bertz CT molecular complexity index is 1200. The molecule has 2 nitrogen and oxygen atoms in total. The Balaban J connectivity index is 1.29. The number of benzene rings is 1. The summed E-state index contributed by atoms with van der Waals surface area (Å²) in [6, 6.07) is 8.26. The summed E-state index contributed by atoms with van der Waals surface area (Å²) in [5.74, 6) is 3.15. The molecule has 0 heterocycles. The van der Waals surface area contributed by atoms with E-state index in [-0.39, 0.29) is 11.4 Å². The van der Waals surface area contributed by atoms with E-state index in [0.717, 1.165) is 17.8 Å². The van der Waals surface area contributed by atoms with Crippen LogP contribution in [-0.4, -0.2) is 11.6 Å². The third-order valence-corrected chi connectivity index (χ3v) is 14.2. The van der Waals surface area contributed by atoms with Gasteiger partial charge in [-0.25, -0.2) is 4.79 Å². The molecular weight excluding hydrogens is 488 g/mol. The third-order valence-electron chi connectivity index (χ3n) is 14.2. The van der Waals surface area contributed by atoms with E-state index in [1.165, 1.54) is 75.3 Å². The van der Waals surface area contributed by atoms with Crippen LogP contribution in [0.2, 0.25) is 0 Å². The van der Waals surface area contributed by atoms with Crippen LogP contribution in [0.5, 0.6) is 0 Å². The van der Waals surface area contributed by atoms with E-state index in [9.17, 15) is 4.79 Å².